The molecule has 494 valence electrons. The average Bonchev–Trinajstić information content (AvgIpc) is 1.61. The van der Waals surface area contributed by atoms with Gasteiger partial charge < -0.3 is 73.0 Å². The van der Waals surface area contributed by atoms with E-state index < -0.39 is 101 Å². The molecule has 0 bridgehead atoms. The van der Waals surface area contributed by atoms with Crippen molar-refractivity contribution >= 4 is 99.1 Å². The number of benzene rings is 2. The number of allylic oxidation sites excluding steroid dienone is 2. The Balaban J connectivity index is 1.24. The molecule has 0 saturated carbocycles. The largest absolute Gasteiger partial charge is 0.494 e. The number of amides is 8. The highest BCUT2D eigenvalue weighted by atomic mass is 16.5. The molecule has 6 aromatic rings. The summed E-state index contributed by atoms with van der Waals surface area (Å²) in [7, 11) is 1.41. The molecule has 2 aromatic carbocycles. The second-order valence-electron chi connectivity index (χ2n) is 22.5. The number of anilines is 2. The number of rotatable bonds is 33. The zero-order chi connectivity index (χ0) is 67.9. The summed E-state index contributed by atoms with van der Waals surface area (Å²) < 4.78 is 18.4. The van der Waals surface area contributed by atoms with Gasteiger partial charge in [0.05, 0.1) is 49.0 Å². The average molecular weight is 1280 g/mol. The third kappa shape index (κ3) is 18.1. The first kappa shape index (κ1) is 70.2. The number of fused-ring (bicyclic) bond motifs is 2. The summed E-state index contributed by atoms with van der Waals surface area (Å²) in [5.74, 6) is -9.81. The number of aryl methyl sites for hydroxylation is 4. The SMILES string of the molecule is CCn1nc(C)cc1C(=O)Nc1nc2cc(C(N)=O)cc(OC)c2n1C/C=C/Cn1c(NC(=O)c2cc(C)nn2CC)nc2cc(C(N)=O)cc(OCCCNC(=O)[C@@H](NC(=O)[C@H](CC(=O)O)NC(=O)[C@H](CC(=O)O)NC(=O)[C@@H](C)CCCN=C(N)N)C(C)(C)C)c21. The van der Waals surface area contributed by atoms with E-state index in [9.17, 15) is 58.2 Å². The Hall–Kier alpha value is -10.9. The predicted octanol–water partition coefficient (Wildman–Crippen LogP) is 1.43. The molecule has 0 aliphatic heterocycles. The van der Waals surface area contributed by atoms with Crippen LogP contribution in [-0.4, -0.2) is 159 Å². The number of aliphatic imine (C=N–C) groups is 1. The number of nitrogens with zero attached hydrogens (tertiary/aromatic N) is 9. The molecule has 92 heavy (non-hydrogen) atoms. The summed E-state index contributed by atoms with van der Waals surface area (Å²) >= 11 is 0. The molecule has 4 heterocycles. The number of ether oxygens (including phenoxy) is 2. The minimum absolute atomic E-state index is 0.00378. The van der Waals surface area contributed by atoms with E-state index in [1.54, 1.807) is 72.7 Å². The van der Waals surface area contributed by atoms with Gasteiger partial charge >= 0.3 is 11.9 Å². The Kier molecular flexibility index (Phi) is 23.7. The molecule has 0 saturated heterocycles. The number of carboxylic acids is 2. The second kappa shape index (κ2) is 31.0. The number of guanidine groups is 1. The van der Waals surface area contributed by atoms with E-state index in [1.807, 2.05) is 13.8 Å². The number of primary amides is 2. The zero-order valence-electron chi connectivity index (χ0n) is 52.5. The van der Waals surface area contributed by atoms with Crippen molar-refractivity contribution in [1.82, 2.24) is 59.9 Å². The van der Waals surface area contributed by atoms with E-state index in [-0.39, 0.29) is 109 Å². The Bertz CT molecular complexity index is 3850. The van der Waals surface area contributed by atoms with Gasteiger partial charge in [-0.25, -0.2) is 9.97 Å². The van der Waals surface area contributed by atoms with Gasteiger partial charge in [-0.05, 0) is 88.8 Å². The van der Waals surface area contributed by atoms with Gasteiger partial charge in [0, 0.05) is 56.3 Å². The number of aliphatic carboxylic acids is 2. The number of imidazole rings is 2. The molecule has 0 unspecified atom stereocenters. The van der Waals surface area contributed by atoms with Crippen LogP contribution < -0.4 is 64.3 Å². The molecular formula is C59H79N19O14. The van der Waals surface area contributed by atoms with Gasteiger partial charge in [-0.15, -0.1) is 0 Å². The van der Waals surface area contributed by atoms with E-state index in [0.29, 0.717) is 41.9 Å². The number of aromatic nitrogens is 8. The third-order valence-corrected chi connectivity index (χ3v) is 14.3. The van der Waals surface area contributed by atoms with Gasteiger partial charge in [-0.1, -0.05) is 39.8 Å². The maximum absolute atomic E-state index is 14.1. The Morgan fingerprint density at radius 1 is 0.652 bits per heavy atom. The van der Waals surface area contributed by atoms with Gasteiger partial charge in [0.25, 0.3) is 11.8 Å². The van der Waals surface area contributed by atoms with Crippen molar-refractivity contribution in [2.24, 2.45) is 39.3 Å². The maximum Gasteiger partial charge on any atom is 0.305 e. The molecule has 8 amide bonds. The lowest BCUT2D eigenvalue weighted by Crippen LogP contribution is -2.60. The molecule has 4 atom stereocenters. The van der Waals surface area contributed by atoms with Crippen LogP contribution in [0.15, 0.2) is 53.5 Å². The summed E-state index contributed by atoms with van der Waals surface area (Å²) in [5, 5.41) is 43.8. The summed E-state index contributed by atoms with van der Waals surface area (Å²) in [4.78, 5) is 145. The van der Waals surface area contributed by atoms with Crippen molar-refractivity contribution < 1.29 is 67.6 Å². The maximum atomic E-state index is 14.1. The van der Waals surface area contributed by atoms with Crippen molar-refractivity contribution in [3.8, 4) is 11.5 Å². The number of methoxy groups -OCH3 is 1. The lowest BCUT2D eigenvalue weighted by molar-refractivity contribution is -0.144. The van der Waals surface area contributed by atoms with E-state index in [1.165, 1.54) is 43.0 Å². The number of carboxylic acid groups (broad SMARTS) is 2. The standard InChI is InChI=1S/C59H79N19O14/c1-10-77-39(22-31(4)73-77)53(88)71-57-68-35-24-33(48(60)83)26-41(91-9)45(35)75(57)19-12-13-20-76-46-36(69-58(76)72-54(89)40-23-32(5)74-78(40)11-2)25-34(49(61)84)27-42(46)92-21-15-18-64-55(90)47(59(6,7)8)70-52(87)38(29-44(81)82)67-51(86)37(28-43(79)80)66-50(85)30(3)16-14-17-65-56(62)63/h12-13,22-27,30,37-38,47H,10-11,14-21,28-29H2,1-9H3,(H2,60,83)(H2,61,84)(H,64,90)(H,66,85)(H,67,86)(H,70,87)(H,79,80)(H,81,82)(H4,62,63,65)(H,68,71,88)(H,69,72,89)/b13-12+/t30-,37-,38-,47+/m0/s1. The molecule has 16 N–H and O–H groups in total. The van der Waals surface area contributed by atoms with Crippen molar-refractivity contribution in [2.75, 3.05) is 37.4 Å². The molecule has 33 nitrogen and oxygen atoms in total. The number of carbonyl (C=O) groups excluding carboxylic acids is 8. The van der Waals surface area contributed by atoms with Gasteiger partial charge in [0.1, 0.15) is 52.0 Å². The molecule has 0 radical (unpaired) electrons. The van der Waals surface area contributed by atoms with Crippen molar-refractivity contribution in [3.63, 3.8) is 0 Å². The minimum Gasteiger partial charge on any atom is -0.494 e. The topological polar surface area (TPSA) is 490 Å². The lowest BCUT2D eigenvalue weighted by Gasteiger charge is -2.32. The van der Waals surface area contributed by atoms with Crippen LogP contribution in [0.3, 0.4) is 0 Å². The van der Waals surface area contributed by atoms with E-state index in [4.69, 9.17) is 37.4 Å². The molecule has 0 aliphatic rings. The fraction of sp³-hybridized carbons (Fsp3) is 0.441. The van der Waals surface area contributed by atoms with Crippen LogP contribution >= 0.6 is 0 Å². The van der Waals surface area contributed by atoms with E-state index in [0.717, 1.165) is 0 Å². The number of hydrogen-bond acceptors (Lipinski definition) is 17. The lowest BCUT2D eigenvalue weighted by atomic mass is 9.85. The van der Waals surface area contributed by atoms with Crippen molar-refractivity contribution in [2.45, 2.75) is 132 Å². The highest BCUT2D eigenvalue weighted by Gasteiger charge is 2.37. The Labute approximate surface area is 527 Å². The zero-order valence-corrected chi connectivity index (χ0v) is 52.5. The molecule has 4 aromatic heterocycles. The van der Waals surface area contributed by atoms with Crippen LogP contribution in [0.5, 0.6) is 11.5 Å². The van der Waals surface area contributed by atoms with E-state index >= 15 is 0 Å². The fourth-order valence-corrected chi connectivity index (χ4v) is 9.76. The Morgan fingerprint density at radius 2 is 1.12 bits per heavy atom. The fourth-order valence-electron chi connectivity index (χ4n) is 9.76. The second-order valence-corrected chi connectivity index (χ2v) is 22.5. The number of nitrogens with one attached hydrogen (secondary N) is 6. The van der Waals surface area contributed by atoms with Crippen LogP contribution in [0.25, 0.3) is 22.1 Å². The quantitative estimate of drug-likeness (QED) is 0.0120. The smallest absolute Gasteiger partial charge is 0.305 e. The van der Waals surface area contributed by atoms with Crippen molar-refractivity contribution in [1.29, 1.82) is 0 Å². The summed E-state index contributed by atoms with van der Waals surface area (Å²) in [6.07, 6.45) is 2.30. The summed E-state index contributed by atoms with van der Waals surface area (Å²) in [6, 6.07) is 4.07. The van der Waals surface area contributed by atoms with Crippen LogP contribution in [-0.2, 0) is 54.9 Å². The first-order valence-corrected chi connectivity index (χ1v) is 29.3. The molecule has 0 spiro atoms. The van der Waals surface area contributed by atoms with Gasteiger partial charge in [0.2, 0.25) is 47.3 Å². The monoisotopic (exact) mass is 1280 g/mol. The number of carbonyl (C=O) groups is 10. The molecule has 0 fully saturated rings. The van der Waals surface area contributed by atoms with Crippen LogP contribution in [0.1, 0.15) is 127 Å². The summed E-state index contributed by atoms with van der Waals surface area (Å²) in [5.41, 5.74) is 24.1. The van der Waals surface area contributed by atoms with Crippen LogP contribution in [0.4, 0.5) is 11.9 Å². The molecule has 6 rings (SSSR count). The van der Waals surface area contributed by atoms with E-state index in [2.05, 4.69) is 52.1 Å². The normalized spacial score (nSPS) is 12.8. The Morgan fingerprint density at radius 3 is 1.57 bits per heavy atom. The highest BCUT2D eigenvalue weighted by Crippen LogP contribution is 2.33. The van der Waals surface area contributed by atoms with Gasteiger partial charge in [0.15, 0.2) is 5.96 Å². The van der Waals surface area contributed by atoms with Crippen LogP contribution in [0.2, 0.25) is 0 Å². The minimum atomic E-state index is -1.84. The number of nitrogens with two attached hydrogens (primary N) is 4. The molecule has 0 aliphatic carbocycles. The molecular weight excluding hydrogens is 1200 g/mol. The number of hydrogen-bond donors (Lipinski definition) is 12. The van der Waals surface area contributed by atoms with Crippen molar-refractivity contribution in [3.05, 3.63) is 82.5 Å². The van der Waals surface area contributed by atoms with Gasteiger partial charge in [-0.2, -0.15) is 10.2 Å². The van der Waals surface area contributed by atoms with Gasteiger partial charge in [-0.3, -0.25) is 72.9 Å². The predicted molar refractivity (Wildman–Crippen MR) is 335 cm³/mol. The molecule has 33 heteroatoms. The first-order chi connectivity index (χ1) is 43.4. The highest BCUT2D eigenvalue weighted by molar-refractivity contribution is 6.06. The third-order valence-electron chi connectivity index (χ3n) is 14.3. The summed E-state index contributed by atoms with van der Waals surface area (Å²) in [6.45, 7) is 14.3. The first-order valence-electron chi connectivity index (χ1n) is 29.3. The van der Waals surface area contributed by atoms with Crippen LogP contribution in [0, 0.1) is 25.2 Å².